The summed E-state index contributed by atoms with van der Waals surface area (Å²) in [5.41, 5.74) is 4.09. The van der Waals surface area contributed by atoms with Gasteiger partial charge in [-0.25, -0.2) is 4.98 Å². The van der Waals surface area contributed by atoms with E-state index >= 15 is 0 Å². The van der Waals surface area contributed by atoms with Crippen molar-refractivity contribution in [3.8, 4) is 17.0 Å². The fraction of sp³-hybridized carbons (Fsp3) is 0.235. The summed E-state index contributed by atoms with van der Waals surface area (Å²) in [6, 6.07) is 12.3. The highest BCUT2D eigenvalue weighted by Crippen LogP contribution is 2.25. The third-order valence-corrected chi connectivity index (χ3v) is 3.43. The van der Waals surface area contributed by atoms with Crippen LogP contribution in [-0.4, -0.2) is 30.1 Å². The maximum absolute atomic E-state index is 5.63. The zero-order valence-corrected chi connectivity index (χ0v) is 12.6. The van der Waals surface area contributed by atoms with Crippen LogP contribution in [0.4, 0.5) is 5.69 Å². The molecule has 3 rings (SSSR count). The number of hydrogen-bond acceptors (Lipinski definition) is 3. The summed E-state index contributed by atoms with van der Waals surface area (Å²) in [4.78, 5) is 6.78. The van der Waals surface area contributed by atoms with Crippen LogP contribution in [0.3, 0.4) is 0 Å². The first kappa shape index (κ1) is 13.5. The summed E-state index contributed by atoms with van der Waals surface area (Å²) in [7, 11) is 4.07. The summed E-state index contributed by atoms with van der Waals surface area (Å²) in [5.74, 6) is 0.816. The van der Waals surface area contributed by atoms with E-state index in [0.29, 0.717) is 6.61 Å². The standard InChI is InChI=1S/C17H19N3O/c1-4-21-16-6-5-11-20-12-15(18-17(16)20)13-7-9-14(10-8-13)19(2)3/h5-12H,4H2,1-3H3. The molecule has 0 atom stereocenters. The number of pyridine rings is 1. The molecule has 0 unspecified atom stereocenters. The number of ether oxygens (including phenoxy) is 1. The van der Waals surface area contributed by atoms with E-state index < -0.39 is 0 Å². The van der Waals surface area contributed by atoms with Crippen LogP contribution in [0.5, 0.6) is 5.75 Å². The number of nitrogens with zero attached hydrogens (tertiary/aromatic N) is 3. The normalized spacial score (nSPS) is 10.8. The first-order valence-corrected chi connectivity index (χ1v) is 7.07. The Morgan fingerprint density at radius 1 is 1.14 bits per heavy atom. The Bertz CT molecular complexity index is 744. The smallest absolute Gasteiger partial charge is 0.180 e. The van der Waals surface area contributed by atoms with Gasteiger partial charge in [-0.1, -0.05) is 12.1 Å². The van der Waals surface area contributed by atoms with Crippen LogP contribution in [0.1, 0.15) is 6.92 Å². The molecule has 3 aromatic rings. The molecule has 0 spiro atoms. The number of rotatable bonds is 4. The molecule has 21 heavy (non-hydrogen) atoms. The lowest BCUT2D eigenvalue weighted by Crippen LogP contribution is -2.07. The van der Waals surface area contributed by atoms with Gasteiger partial charge in [0, 0.05) is 37.7 Å². The van der Waals surface area contributed by atoms with Crippen molar-refractivity contribution in [1.82, 2.24) is 9.38 Å². The van der Waals surface area contributed by atoms with Crippen LogP contribution in [0.25, 0.3) is 16.9 Å². The van der Waals surface area contributed by atoms with Crippen molar-refractivity contribution < 1.29 is 4.74 Å². The van der Waals surface area contributed by atoms with Gasteiger partial charge in [0.25, 0.3) is 0 Å². The zero-order chi connectivity index (χ0) is 14.8. The first-order valence-electron chi connectivity index (χ1n) is 7.07. The van der Waals surface area contributed by atoms with Crippen LogP contribution in [0.2, 0.25) is 0 Å². The average Bonchev–Trinajstić information content (AvgIpc) is 2.93. The van der Waals surface area contributed by atoms with Gasteiger partial charge in [-0.15, -0.1) is 0 Å². The number of anilines is 1. The highest BCUT2D eigenvalue weighted by atomic mass is 16.5. The van der Waals surface area contributed by atoms with E-state index in [-0.39, 0.29) is 0 Å². The van der Waals surface area contributed by atoms with Gasteiger partial charge in [-0.3, -0.25) is 0 Å². The molecule has 0 saturated carbocycles. The largest absolute Gasteiger partial charge is 0.490 e. The lowest BCUT2D eigenvalue weighted by molar-refractivity contribution is 0.342. The Labute approximate surface area is 124 Å². The molecule has 0 aliphatic heterocycles. The van der Waals surface area contributed by atoms with Gasteiger partial charge >= 0.3 is 0 Å². The van der Waals surface area contributed by atoms with Gasteiger partial charge in [0.15, 0.2) is 11.4 Å². The Morgan fingerprint density at radius 2 is 1.90 bits per heavy atom. The monoisotopic (exact) mass is 281 g/mol. The lowest BCUT2D eigenvalue weighted by atomic mass is 10.1. The van der Waals surface area contributed by atoms with Crippen molar-refractivity contribution in [3.05, 3.63) is 48.8 Å². The molecule has 0 fully saturated rings. The SMILES string of the molecule is CCOc1cccn2cc(-c3ccc(N(C)C)cc3)nc12. The van der Waals surface area contributed by atoms with Crippen molar-refractivity contribution in [2.45, 2.75) is 6.92 Å². The second-order valence-corrected chi connectivity index (χ2v) is 5.10. The number of imidazole rings is 1. The van der Waals surface area contributed by atoms with E-state index in [1.165, 1.54) is 5.69 Å². The van der Waals surface area contributed by atoms with Crippen LogP contribution >= 0.6 is 0 Å². The summed E-state index contributed by atoms with van der Waals surface area (Å²) < 4.78 is 7.63. The minimum atomic E-state index is 0.638. The van der Waals surface area contributed by atoms with Crippen LogP contribution in [-0.2, 0) is 0 Å². The van der Waals surface area contributed by atoms with E-state index in [0.717, 1.165) is 22.7 Å². The molecule has 108 valence electrons. The maximum Gasteiger partial charge on any atom is 0.180 e. The summed E-state index contributed by atoms with van der Waals surface area (Å²) in [6.07, 6.45) is 4.02. The predicted octanol–water partition coefficient (Wildman–Crippen LogP) is 3.47. The van der Waals surface area contributed by atoms with Crippen LogP contribution in [0, 0.1) is 0 Å². The summed E-state index contributed by atoms with van der Waals surface area (Å²) in [6.45, 7) is 2.62. The Morgan fingerprint density at radius 3 is 2.57 bits per heavy atom. The van der Waals surface area contributed by atoms with Crippen molar-refractivity contribution >= 4 is 11.3 Å². The molecule has 0 aliphatic carbocycles. The molecule has 4 heteroatoms. The van der Waals surface area contributed by atoms with E-state index in [4.69, 9.17) is 9.72 Å². The average molecular weight is 281 g/mol. The van der Waals surface area contributed by atoms with Crippen LogP contribution in [0.15, 0.2) is 48.8 Å². The molecular weight excluding hydrogens is 262 g/mol. The fourth-order valence-corrected chi connectivity index (χ4v) is 2.32. The molecule has 0 aliphatic rings. The first-order chi connectivity index (χ1) is 10.2. The van der Waals surface area contributed by atoms with Crippen molar-refractivity contribution in [2.24, 2.45) is 0 Å². The second-order valence-electron chi connectivity index (χ2n) is 5.10. The number of fused-ring (bicyclic) bond motifs is 1. The molecular formula is C17H19N3O. The quantitative estimate of drug-likeness (QED) is 0.733. The van der Waals surface area contributed by atoms with Gasteiger partial charge in [0.1, 0.15) is 0 Å². The van der Waals surface area contributed by atoms with E-state index in [1.54, 1.807) is 0 Å². The lowest BCUT2D eigenvalue weighted by Gasteiger charge is -2.12. The molecule has 0 radical (unpaired) electrons. The van der Waals surface area contributed by atoms with Crippen molar-refractivity contribution in [3.63, 3.8) is 0 Å². The zero-order valence-electron chi connectivity index (χ0n) is 12.6. The summed E-state index contributed by atoms with van der Waals surface area (Å²) >= 11 is 0. The topological polar surface area (TPSA) is 29.8 Å². The van der Waals surface area contributed by atoms with E-state index in [9.17, 15) is 0 Å². The van der Waals surface area contributed by atoms with Gasteiger partial charge in [0.2, 0.25) is 0 Å². The molecule has 0 N–H and O–H groups in total. The van der Waals surface area contributed by atoms with Gasteiger partial charge < -0.3 is 14.0 Å². The molecule has 0 bridgehead atoms. The number of hydrogen-bond donors (Lipinski definition) is 0. The third kappa shape index (κ3) is 2.57. The van der Waals surface area contributed by atoms with Gasteiger partial charge in [-0.05, 0) is 31.2 Å². The molecule has 2 heterocycles. The molecule has 2 aromatic heterocycles. The van der Waals surface area contributed by atoms with Crippen LogP contribution < -0.4 is 9.64 Å². The Balaban J connectivity index is 2.02. The van der Waals surface area contributed by atoms with E-state index in [1.807, 2.05) is 49.9 Å². The minimum Gasteiger partial charge on any atom is -0.490 e. The number of benzene rings is 1. The van der Waals surface area contributed by atoms with Gasteiger partial charge in [0.05, 0.1) is 12.3 Å². The predicted molar refractivity (Wildman–Crippen MR) is 86.1 cm³/mol. The minimum absolute atomic E-state index is 0.638. The highest BCUT2D eigenvalue weighted by molar-refractivity contribution is 5.67. The van der Waals surface area contributed by atoms with Gasteiger partial charge in [-0.2, -0.15) is 0 Å². The molecule has 0 saturated heterocycles. The van der Waals surface area contributed by atoms with E-state index in [2.05, 4.69) is 29.2 Å². The van der Waals surface area contributed by atoms with Crippen molar-refractivity contribution in [1.29, 1.82) is 0 Å². The maximum atomic E-state index is 5.63. The van der Waals surface area contributed by atoms with Crippen molar-refractivity contribution in [2.75, 3.05) is 25.6 Å². The molecule has 0 amide bonds. The summed E-state index contributed by atoms with van der Waals surface area (Å²) in [5, 5.41) is 0. The fourth-order valence-electron chi connectivity index (χ4n) is 2.32. The Kier molecular flexibility index (Phi) is 3.52. The number of aromatic nitrogens is 2. The highest BCUT2D eigenvalue weighted by Gasteiger charge is 2.08. The molecule has 4 nitrogen and oxygen atoms in total. The third-order valence-electron chi connectivity index (χ3n) is 3.43. The Hall–Kier alpha value is -2.49. The second kappa shape index (κ2) is 5.48. The molecule has 1 aromatic carbocycles.